The molecule has 0 aliphatic heterocycles. The Hall–Kier alpha value is -2.41. The molecule has 7 heteroatoms. The number of aryl methyl sites for hydroxylation is 3. The lowest BCUT2D eigenvalue weighted by Crippen LogP contribution is -2.36. The first-order valence-electron chi connectivity index (χ1n) is 8.28. The van der Waals surface area contributed by atoms with Crippen molar-refractivity contribution in [2.24, 2.45) is 0 Å². The van der Waals surface area contributed by atoms with Gasteiger partial charge in [0.25, 0.3) is 0 Å². The van der Waals surface area contributed by atoms with E-state index in [2.05, 4.69) is 36.3 Å². The number of carbonyl (C=O) groups is 1. The summed E-state index contributed by atoms with van der Waals surface area (Å²) in [5, 5.41) is 3.82. The van der Waals surface area contributed by atoms with Crippen molar-refractivity contribution in [2.45, 2.75) is 27.3 Å². The van der Waals surface area contributed by atoms with E-state index in [0.717, 1.165) is 28.6 Å². The third kappa shape index (κ3) is 3.82. The summed E-state index contributed by atoms with van der Waals surface area (Å²) in [6.07, 6.45) is 3.68. The van der Waals surface area contributed by atoms with E-state index >= 15 is 0 Å². The fourth-order valence-corrected chi connectivity index (χ4v) is 3.78. The number of nitrogens with one attached hydrogen (secondary N) is 1. The molecule has 1 N–H and O–H groups in total. The predicted octanol–water partition coefficient (Wildman–Crippen LogP) is 2.67. The second-order valence-corrected chi connectivity index (χ2v) is 7.22. The molecule has 1 amide bonds. The molecule has 2 heterocycles. The summed E-state index contributed by atoms with van der Waals surface area (Å²) in [4.78, 5) is 23.0. The van der Waals surface area contributed by atoms with Gasteiger partial charge in [0, 0.05) is 32.5 Å². The summed E-state index contributed by atoms with van der Waals surface area (Å²) >= 11 is 1.63. The highest BCUT2D eigenvalue weighted by atomic mass is 32.1. The molecule has 0 saturated carbocycles. The number of carbonyl (C=O) groups excluding carboxylic acids is 1. The second kappa shape index (κ2) is 7.23. The van der Waals surface area contributed by atoms with Crippen molar-refractivity contribution in [1.29, 1.82) is 0 Å². The van der Waals surface area contributed by atoms with E-state index in [1.165, 1.54) is 10.3 Å². The van der Waals surface area contributed by atoms with Crippen molar-refractivity contribution in [2.75, 3.05) is 25.0 Å². The van der Waals surface area contributed by atoms with Crippen LogP contribution in [0.1, 0.15) is 17.0 Å². The van der Waals surface area contributed by atoms with Crippen LogP contribution in [0.2, 0.25) is 0 Å². The summed E-state index contributed by atoms with van der Waals surface area (Å²) in [7, 11) is 1.90. The van der Waals surface area contributed by atoms with Crippen molar-refractivity contribution >= 4 is 32.6 Å². The van der Waals surface area contributed by atoms with Crippen molar-refractivity contribution in [3.8, 4) is 0 Å². The van der Waals surface area contributed by atoms with Crippen molar-refractivity contribution in [3.05, 3.63) is 41.5 Å². The second-order valence-electron chi connectivity index (χ2n) is 6.25. The van der Waals surface area contributed by atoms with Crippen LogP contribution >= 0.6 is 11.3 Å². The SMILES string of the molecule is Cc1ccc(C)c2sc(N(C)CC(=O)NCCn3ccnc3C)nc12. The molecule has 0 spiro atoms. The van der Waals surface area contributed by atoms with Crippen LogP contribution in [0.3, 0.4) is 0 Å². The number of rotatable bonds is 6. The molecule has 0 unspecified atom stereocenters. The van der Waals surface area contributed by atoms with Crippen LogP contribution in [0.25, 0.3) is 10.2 Å². The van der Waals surface area contributed by atoms with E-state index in [1.54, 1.807) is 17.5 Å². The number of benzene rings is 1. The Bertz CT molecular complexity index is 859. The molecular weight excluding hydrogens is 334 g/mol. The third-order valence-corrected chi connectivity index (χ3v) is 5.54. The monoisotopic (exact) mass is 357 g/mol. The number of thiazole rings is 1. The highest BCUT2D eigenvalue weighted by molar-refractivity contribution is 7.22. The topological polar surface area (TPSA) is 63.1 Å². The van der Waals surface area contributed by atoms with Crippen LogP contribution in [0.4, 0.5) is 5.13 Å². The number of nitrogens with zero attached hydrogens (tertiary/aromatic N) is 4. The quantitative estimate of drug-likeness (QED) is 0.737. The third-order valence-electron chi connectivity index (χ3n) is 4.24. The fraction of sp³-hybridized carbons (Fsp3) is 0.389. The molecule has 0 aliphatic carbocycles. The van der Waals surface area contributed by atoms with Crippen molar-refractivity contribution < 1.29 is 4.79 Å². The lowest BCUT2D eigenvalue weighted by molar-refractivity contribution is -0.119. The molecule has 6 nitrogen and oxygen atoms in total. The van der Waals surface area contributed by atoms with Gasteiger partial charge in [0.05, 0.1) is 16.8 Å². The van der Waals surface area contributed by atoms with Gasteiger partial charge in [-0.2, -0.15) is 0 Å². The molecule has 2 aromatic heterocycles. The Morgan fingerprint density at radius 3 is 2.72 bits per heavy atom. The molecular formula is C18H23N5OS. The fourth-order valence-electron chi connectivity index (χ4n) is 2.71. The normalized spacial score (nSPS) is 11.0. The van der Waals surface area contributed by atoms with Crippen LogP contribution in [0.15, 0.2) is 24.5 Å². The Kier molecular flexibility index (Phi) is 5.03. The first-order chi connectivity index (χ1) is 12.0. The largest absolute Gasteiger partial charge is 0.353 e. The van der Waals surface area contributed by atoms with Gasteiger partial charge in [0.15, 0.2) is 5.13 Å². The maximum atomic E-state index is 12.2. The van der Waals surface area contributed by atoms with E-state index in [1.807, 2.05) is 29.6 Å². The molecule has 0 bridgehead atoms. The van der Waals surface area contributed by atoms with Gasteiger partial charge in [-0.25, -0.2) is 9.97 Å². The molecule has 132 valence electrons. The molecule has 0 saturated heterocycles. The first kappa shape index (κ1) is 17.4. The number of aromatic nitrogens is 3. The summed E-state index contributed by atoms with van der Waals surface area (Å²) in [6.45, 7) is 7.71. The minimum absolute atomic E-state index is 0.00651. The van der Waals surface area contributed by atoms with Gasteiger partial charge in [0.2, 0.25) is 5.91 Å². The summed E-state index contributed by atoms with van der Waals surface area (Å²) in [6, 6.07) is 4.20. The minimum Gasteiger partial charge on any atom is -0.353 e. The number of hydrogen-bond acceptors (Lipinski definition) is 5. The number of amides is 1. The van der Waals surface area contributed by atoms with E-state index < -0.39 is 0 Å². The molecule has 0 radical (unpaired) electrons. The van der Waals surface area contributed by atoms with Gasteiger partial charge < -0.3 is 14.8 Å². The number of fused-ring (bicyclic) bond motifs is 1. The van der Waals surface area contributed by atoms with E-state index in [4.69, 9.17) is 4.98 Å². The zero-order chi connectivity index (χ0) is 18.0. The van der Waals surface area contributed by atoms with Crippen LogP contribution in [-0.4, -0.2) is 40.6 Å². The zero-order valence-corrected chi connectivity index (χ0v) is 15.9. The highest BCUT2D eigenvalue weighted by Crippen LogP contribution is 2.32. The van der Waals surface area contributed by atoms with Crippen LogP contribution < -0.4 is 10.2 Å². The summed E-state index contributed by atoms with van der Waals surface area (Å²) in [5.41, 5.74) is 3.41. The molecule has 0 aliphatic rings. The summed E-state index contributed by atoms with van der Waals surface area (Å²) in [5.74, 6) is 0.944. The molecule has 3 aromatic rings. The Morgan fingerprint density at radius 2 is 2.04 bits per heavy atom. The molecule has 1 aromatic carbocycles. The van der Waals surface area contributed by atoms with E-state index in [-0.39, 0.29) is 5.91 Å². The zero-order valence-electron chi connectivity index (χ0n) is 15.0. The number of hydrogen-bond donors (Lipinski definition) is 1. The van der Waals surface area contributed by atoms with Crippen LogP contribution in [-0.2, 0) is 11.3 Å². The van der Waals surface area contributed by atoms with Crippen LogP contribution in [0, 0.1) is 20.8 Å². The molecule has 25 heavy (non-hydrogen) atoms. The van der Waals surface area contributed by atoms with Gasteiger partial charge in [-0.3, -0.25) is 4.79 Å². The Labute approximate surface area is 151 Å². The lowest BCUT2D eigenvalue weighted by Gasteiger charge is -2.15. The van der Waals surface area contributed by atoms with Gasteiger partial charge in [0.1, 0.15) is 5.82 Å². The summed E-state index contributed by atoms with van der Waals surface area (Å²) < 4.78 is 3.21. The van der Waals surface area contributed by atoms with Gasteiger partial charge in [-0.05, 0) is 31.9 Å². The highest BCUT2D eigenvalue weighted by Gasteiger charge is 2.14. The van der Waals surface area contributed by atoms with E-state index in [9.17, 15) is 4.79 Å². The number of likely N-dealkylation sites (N-methyl/N-ethyl adjacent to an activating group) is 1. The number of anilines is 1. The average Bonchev–Trinajstić information content (AvgIpc) is 3.19. The van der Waals surface area contributed by atoms with Crippen molar-refractivity contribution in [3.63, 3.8) is 0 Å². The van der Waals surface area contributed by atoms with Gasteiger partial charge >= 0.3 is 0 Å². The Morgan fingerprint density at radius 1 is 1.28 bits per heavy atom. The van der Waals surface area contributed by atoms with E-state index in [0.29, 0.717) is 13.1 Å². The standard InChI is InChI=1S/C18H23N5OS/c1-12-5-6-13(2)17-16(12)21-18(25-17)22(4)11-15(24)20-8-10-23-9-7-19-14(23)3/h5-7,9H,8,10-11H2,1-4H3,(H,20,24). The van der Waals surface area contributed by atoms with Gasteiger partial charge in [-0.15, -0.1) is 0 Å². The van der Waals surface area contributed by atoms with Gasteiger partial charge in [-0.1, -0.05) is 23.5 Å². The Balaban J connectivity index is 1.59. The molecule has 0 fully saturated rings. The smallest absolute Gasteiger partial charge is 0.239 e. The molecule has 0 atom stereocenters. The average molecular weight is 357 g/mol. The lowest BCUT2D eigenvalue weighted by atomic mass is 10.1. The van der Waals surface area contributed by atoms with Crippen molar-refractivity contribution in [1.82, 2.24) is 19.9 Å². The molecule has 3 rings (SSSR count). The predicted molar refractivity (Wildman–Crippen MR) is 102 cm³/mol. The maximum Gasteiger partial charge on any atom is 0.239 e. The maximum absolute atomic E-state index is 12.2. The van der Waals surface area contributed by atoms with Crippen LogP contribution in [0.5, 0.6) is 0 Å². The first-order valence-corrected chi connectivity index (χ1v) is 9.09. The minimum atomic E-state index is -0.00651. The number of imidazole rings is 1.